The van der Waals surface area contributed by atoms with Crippen LogP contribution in [0.2, 0.25) is 0 Å². The first-order chi connectivity index (χ1) is 14.6. The van der Waals surface area contributed by atoms with E-state index in [0.717, 1.165) is 13.0 Å². The number of hydrogen-bond donors (Lipinski definition) is 2. The van der Waals surface area contributed by atoms with E-state index in [1.165, 1.54) is 49.7 Å². The standard InChI is InChI=1S/C22H31N5O3/c1-2-30-22(29)19-16-25-27(20(19)23)18-10-8-17(9-11-18)21(28)24-12-7-15-26-13-5-3-4-6-14-26/h8-11,16H,2-7,12-15,23H2,1H3,(H,24,28). The molecule has 0 spiro atoms. The number of ether oxygens (including phenoxy) is 1. The number of nitrogens with one attached hydrogen (secondary N) is 1. The molecule has 8 heteroatoms. The summed E-state index contributed by atoms with van der Waals surface area (Å²) in [5.74, 6) is -0.394. The number of esters is 1. The van der Waals surface area contributed by atoms with Crippen LogP contribution in [0.4, 0.5) is 5.82 Å². The van der Waals surface area contributed by atoms with Crippen LogP contribution in [-0.2, 0) is 4.74 Å². The van der Waals surface area contributed by atoms with Crippen LogP contribution in [0.5, 0.6) is 0 Å². The predicted octanol–water partition coefficient (Wildman–Crippen LogP) is 2.63. The summed E-state index contributed by atoms with van der Waals surface area (Å²) in [5.41, 5.74) is 7.50. The number of aromatic nitrogens is 2. The minimum atomic E-state index is -0.502. The molecule has 0 aliphatic carbocycles. The lowest BCUT2D eigenvalue weighted by atomic mass is 10.2. The second-order valence-corrected chi connectivity index (χ2v) is 7.49. The van der Waals surface area contributed by atoms with Crippen LogP contribution in [0, 0.1) is 0 Å². The fourth-order valence-corrected chi connectivity index (χ4v) is 3.65. The molecule has 3 rings (SSSR count). The van der Waals surface area contributed by atoms with E-state index >= 15 is 0 Å². The van der Waals surface area contributed by atoms with Gasteiger partial charge < -0.3 is 20.7 Å². The Hall–Kier alpha value is -2.87. The highest BCUT2D eigenvalue weighted by atomic mass is 16.5. The van der Waals surface area contributed by atoms with Gasteiger partial charge in [-0.3, -0.25) is 4.79 Å². The minimum absolute atomic E-state index is 0.0990. The molecule has 1 aliphatic rings. The van der Waals surface area contributed by atoms with Gasteiger partial charge >= 0.3 is 5.97 Å². The molecule has 8 nitrogen and oxygen atoms in total. The van der Waals surface area contributed by atoms with E-state index in [4.69, 9.17) is 10.5 Å². The van der Waals surface area contributed by atoms with Crippen LogP contribution in [0.15, 0.2) is 30.5 Å². The van der Waals surface area contributed by atoms with Crippen LogP contribution in [-0.4, -0.2) is 59.3 Å². The third kappa shape index (κ3) is 5.60. The van der Waals surface area contributed by atoms with Gasteiger partial charge in [0, 0.05) is 12.1 Å². The number of likely N-dealkylation sites (tertiary alicyclic amines) is 1. The van der Waals surface area contributed by atoms with Crippen molar-refractivity contribution in [2.24, 2.45) is 0 Å². The molecular weight excluding hydrogens is 382 g/mol. The second kappa shape index (κ2) is 10.8. The summed E-state index contributed by atoms with van der Waals surface area (Å²) >= 11 is 0. The van der Waals surface area contributed by atoms with Crippen LogP contribution in [0.25, 0.3) is 5.69 Å². The Kier molecular flexibility index (Phi) is 7.84. The molecule has 1 aromatic carbocycles. The smallest absolute Gasteiger partial charge is 0.343 e. The van der Waals surface area contributed by atoms with Gasteiger partial charge in [-0.25, -0.2) is 9.48 Å². The Morgan fingerprint density at radius 3 is 2.50 bits per heavy atom. The predicted molar refractivity (Wildman–Crippen MR) is 116 cm³/mol. The number of carbonyl (C=O) groups is 2. The fraction of sp³-hybridized carbons (Fsp3) is 0.500. The number of amides is 1. The lowest BCUT2D eigenvalue weighted by Crippen LogP contribution is -2.30. The summed E-state index contributed by atoms with van der Waals surface area (Å²) in [6, 6.07) is 6.96. The first-order valence-corrected chi connectivity index (χ1v) is 10.7. The highest BCUT2D eigenvalue weighted by Crippen LogP contribution is 2.18. The molecular formula is C22H31N5O3. The normalized spacial score (nSPS) is 14.8. The molecule has 1 aliphatic heterocycles. The monoisotopic (exact) mass is 413 g/mol. The Bertz CT molecular complexity index is 839. The van der Waals surface area contributed by atoms with Crippen molar-refractivity contribution in [1.82, 2.24) is 20.0 Å². The zero-order chi connectivity index (χ0) is 21.3. The number of rotatable bonds is 8. The largest absolute Gasteiger partial charge is 0.462 e. The molecule has 2 heterocycles. The third-order valence-corrected chi connectivity index (χ3v) is 5.31. The van der Waals surface area contributed by atoms with Crippen molar-refractivity contribution in [3.8, 4) is 5.69 Å². The molecule has 1 saturated heterocycles. The lowest BCUT2D eigenvalue weighted by molar-refractivity contribution is 0.0527. The highest BCUT2D eigenvalue weighted by molar-refractivity contribution is 5.95. The number of hydrogen-bond acceptors (Lipinski definition) is 6. The molecule has 0 atom stereocenters. The maximum absolute atomic E-state index is 12.4. The number of nitrogens with two attached hydrogens (primary N) is 1. The van der Waals surface area contributed by atoms with Gasteiger partial charge in [-0.15, -0.1) is 0 Å². The van der Waals surface area contributed by atoms with Crippen LogP contribution >= 0.6 is 0 Å². The van der Waals surface area contributed by atoms with Gasteiger partial charge in [0.25, 0.3) is 5.91 Å². The number of benzene rings is 1. The van der Waals surface area contributed by atoms with E-state index in [1.807, 2.05) is 0 Å². The van der Waals surface area contributed by atoms with Gasteiger partial charge in [0.2, 0.25) is 0 Å². The van der Waals surface area contributed by atoms with Crippen LogP contribution < -0.4 is 11.1 Å². The Morgan fingerprint density at radius 1 is 1.13 bits per heavy atom. The molecule has 1 amide bonds. The average Bonchev–Trinajstić information content (AvgIpc) is 2.96. The van der Waals surface area contributed by atoms with Crippen LogP contribution in [0.1, 0.15) is 59.7 Å². The number of nitrogens with zero attached hydrogens (tertiary/aromatic N) is 3. The summed E-state index contributed by atoms with van der Waals surface area (Å²) < 4.78 is 6.43. The zero-order valence-corrected chi connectivity index (χ0v) is 17.6. The maximum atomic E-state index is 12.4. The van der Waals surface area contributed by atoms with Gasteiger partial charge in [-0.05, 0) is 70.1 Å². The molecule has 1 fully saturated rings. The van der Waals surface area contributed by atoms with Gasteiger partial charge in [-0.2, -0.15) is 5.10 Å². The number of anilines is 1. The number of carbonyl (C=O) groups excluding carboxylic acids is 2. The van der Waals surface area contributed by atoms with Gasteiger partial charge in [0.1, 0.15) is 11.4 Å². The third-order valence-electron chi connectivity index (χ3n) is 5.31. The molecule has 162 valence electrons. The Morgan fingerprint density at radius 2 is 1.83 bits per heavy atom. The van der Waals surface area contributed by atoms with Crippen molar-refractivity contribution < 1.29 is 14.3 Å². The van der Waals surface area contributed by atoms with Crippen molar-refractivity contribution >= 4 is 17.7 Å². The van der Waals surface area contributed by atoms with Crippen molar-refractivity contribution in [3.63, 3.8) is 0 Å². The first-order valence-electron chi connectivity index (χ1n) is 10.7. The van der Waals surface area contributed by atoms with E-state index < -0.39 is 5.97 Å². The summed E-state index contributed by atoms with van der Waals surface area (Å²) in [6.45, 7) is 6.03. The summed E-state index contributed by atoms with van der Waals surface area (Å²) in [6.07, 6.45) is 7.55. The molecule has 30 heavy (non-hydrogen) atoms. The van der Waals surface area contributed by atoms with E-state index in [2.05, 4.69) is 15.3 Å². The first kappa shape index (κ1) is 21.8. The zero-order valence-electron chi connectivity index (χ0n) is 17.6. The van der Waals surface area contributed by atoms with E-state index in [9.17, 15) is 9.59 Å². The quantitative estimate of drug-likeness (QED) is 0.509. The van der Waals surface area contributed by atoms with Gasteiger partial charge in [0.05, 0.1) is 18.5 Å². The Labute approximate surface area is 177 Å². The highest BCUT2D eigenvalue weighted by Gasteiger charge is 2.17. The topological polar surface area (TPSA) is 102 Å². The lowest BCUT2D eigenvalue weighted by Gasteiger charge is -2.19. The van der Waals surface area contributed by atoms with Gasteiger partial charge in [-0.1, -0.05) is 12.8 Å². The average molecular weight is 414 g/mol. The summed E-state index contributed by atoms with van der Waals surface area (Å²) in [4.78, 5) is 26.8. The fourth-order valence-electron chi connectivity index (χ4n) is 3.65. The molecule has 1 aromatic heterocycles. The molecule has 0 saturated carbocycles. The molecule has 0 radical (unpaired) electrons. The van der Waals surface area contributed by atoms with Crippen molar-refractivity contribution in [1.29, 1.82) is 0 Å². The summed E-state index contributed by atoms with van der Waals surface area (Å²) in [5, 5.41) is 7.15. The number of nitrogen functional groups attached to an aromatic ring is 1. The second-order valence-electron chi connectivity index (χ2n) is 7.49. The SMILES string of the molecule is CCOC(=O)c1cnn(-c2ccc(C(=O)NCCCN3CCCCCC3)cc2)c1N. The van der Waals surface area contributed by atoms with E-state index in [1.54, 1.807) is 31.2 Å². The molecule has 3 N–H and O–H groups in total. The van der Waals surface area contributed by atoms with E-state index in [-0.39, 0.29) is 23.9 Å². The maximum Gasteiger partial charge on any atom is 0.343 e. The van der Waals surface area contributed by atoms with Crippen LogP contribution in [0.3, 0.4) is 0 Å². The van der Waals surface area contributed by atoms with Crippen molar-refractivity contribution in [2.75, 3.05) is 38.5 Å². The van der Waals surface area contributed by atoms with Crippen molar-refractivity contribution in [2.45, 2.75) is 39.0 Å². The molecule has 2 aromatic rings. The van der Waals surface area contributed by atoms with E-state index in [0.29, 0.717) is 17.8 Å². The molecule has 0 unspecified atom stereocenters. The van der Waals surface area contributed by atoms with Crippen molar-refractivity contribution in [3.05, 3.63) is 41.6 Å². The summed E-state index contributed by atoms with van der Waals surface area (Å²) in [7, 11) is 0. The molecule has 0 bridgehead atoms. The minimum Gasteiger partial charge on any atom is -0.462 e. The Balaban J connectivity index is 1.51. The van der Waals surface area contributed by atoms with Gasteiger partial charge in [0.15, 0.2) is 0 Å².